The van der Waals surface area contributed by atoms with Crippen molar-refractivity contribution >= 4 is 46.4 Å². The molecule has 0 unspecified atom stereocenters. The Hall–Kier alpha value is -3.64. The maximum absolute atomic E-state index is 13.4. The number of benzene rings is 3. The fourth-order valence-electron chi connectivity index (χ4n) is 3.48. The normalized spacial score (nSPS) is 15.1. The lowest BCUT2D eigenvalue weighted by Gasteiger charge is -2.36. The number of carbonyl (C=O) groups excluding carboxylic acids is 3. The molecule has 1 aliphatic heterocycles. The summed E-state index contributed by atoms with van der Waals surface area (Å²) in [5, 5.41) is 6.11. The van der Waals surface area contributed by atoms with Gasteiger partial charge in [0.15, 0.2) is 0 Å². The van der Waals surface area contributed by atoms with Gasteiger partial charge >= 0.3 is 0 Å². The van der Waals surface area contributed by atoms with Crippen LogP contribution in [0.5, 0.6) is 0 Å². The van der Waals surface area contributed by atoms with E-state index < -0.39 is 11.9 Å². The van der Waals surface area contributed by atoms with Gasteiger partial charge in [-0.3, -0.25) is 19.3 Å². The van der Waals surface area contributed by atoms with Crippen molar-refractivity contribution < 1.29 is 14.4 Å². The van der Waals surface area contributed by atoms with Crippen molar-refractivity contribution in [2.75, 3.05) is 15.5 Å². The van der Waals surface area contributed by atoms with Gasteiger partial charge in [-0.15, -0.1) is 0 Å². The van der Waals surface area contributed by atoms with Gasteiger partial charge in [-0.2, -0.15) is 0 Å². The maximum atomic E-state index is 13.4. The van der Waals surface area contributed by atoms with Crippen molar-refractivity contribution in [3.63, 3.8) is 0 Å². The second kappa shape index (κ2) is 8.62. The summed E-state index contributed by atoms with van der Waals surface area (Å²) >= 11 is 5.88. The standard InChI is InChI=1S/C24H20ClN3O3/c1-15-6-8-16(9-7-15)24(31)28-20-5-3-2-4-19(20)27-23(30)21(28)14-22(29)26-18-12-10-17(25)11-13-18/h2-13,21H,14H2,1H3,(H,26,29)(H,27,30)/t21-/m0/s1. The summed E-state index contributed by atoms with van der Waals surface area (Å²) in [6.07, 6.45) is -0.194. The van der Waals surface area contributed by atoms with Crippen molar-refractivity contribution in [1.29, 1.82) is 0 Å². The molecular formula is C24H20ClN3O3. The van der Waals surface area contributed by atoms with Crippen LogP contribution in [0.3, 0.4) is 0 Å². The summed E-state index contributed by atoms with van der Waals surface area (Å²) in [5.74, 6) is -1.14. The highest BCUT2D eigenvalue weighted by molar-refractivity contribution is 6.30. The van der Waals surface area contributed by atoms with Gasteiger partial charge < -0.3 is 10.6 Å². The molecule has 1 atom stereocenters. The van der Waals surface area contributed by atoms with Crippen LogP contribution < -0.4 is 15.5 Å². The summed E-state index contributed by atoms with van der Waals surface area (Å²) in [6.45, 7) is 1.93. The first-order valence-corrected chi connectivity index (χ1v) is 10.2. The number of anilines is 3. The first-order chi connectivity index (χ1) is 14.9. The predicted molar refractivity (Wildman–Crippen MR) is 122 cm³/mol. The van der Waals surface area contributed by atoms with E-state index in [0.717, 1.165) is 5.56 Å². The molecule has 3 amide bonds. The molecule has 1 heterocycles. The quantitative estimate of drug-likeness (QED) is 0.628. The Bertz CT molecular complexity index is 1140. The number of hydrogen-bond donors (Lipinski definition) is 2. The Balaban J connectivity index is 1.64. The third-order valence-electron chi connectivity index (χ3n) is 5.06. The highest BCUT2D eigenvalue weighted by Gasteiger charge is 2.38. The number of fused-ring (bicyclic) bond motifs is 1. The fourth-order valence-corrected chi connectivity index (χ4v) is 3.61. The zero-order valence-corrected chi connectivity index (χ0v) is 17.5. The molecule has 3 aromatic rings. The third-order valence-corrected chi connectivity index (χ3v) is 5.31. The first kappa shape index (κ1) is 20.6. The number of carbonyl (C=O) groups is 3. The van der Waals surface area contributed by atoms with Crippen LogP contribution in [0.15, 0.2) is 72.8 Å². The van der Waals surface area contributed by atoms with Crippen LogP contribution in [-0.4, -0.2) is 23.8 Å². The minimum Gasteiger partial charge on any atom is -0.326 e. The molecular weight excluding hydrogens is 414 g/mol. The molecule has 3 aromatic carbocycles. The molecule has 6 nitrogen and oxygen atoms in total. The lowest BCUT2D eigenvalue weighted by Crippen LogP contribution is -2.52. The second-order valence-electron chi connectivity index (χ2n) is 7.32. The topological polar surface area (TPSA) is 78.5 Å². The zero-order valence-electron chi connectivity index (χ0n) is 16.8. The highest BCUT2D eigenvalue weighted by Crippen LogP contribution is 2.34. The molecule has 0 spiro atoms. The van der Waals surface area contributed by atoms with E-state index in [0.29, 0.717) is 27.6 Å². The van der Waals surface area contributed by atoms with Gasteiger partial charge in [0.25, 0.3) is 5.91 Å². The van der Waals surface area contributed by atoms with Crippen molar-refractivity contribution in [3.8, 4) is 0 Å². The number of nitrogens with one attached hydrogen (secondary N) is 2. The lowest BCUT2D eigenvalue weighted by molar-refractivity contribution is -0.122. The average molecular weight is 434 g/mol. The molecule has 0 bridgehead atoms. The lowest BCUT2D eigenvalue weighted by atomic mass is 10.0. The van der Waals surface area contributed by atoms with Gasteiger partial charge in [-0.1, -0.05) is 41.4 Å². The minimum absolute atomic E-state index is 0.194. The van der Waals surface area contributed by atoms with Crippen LogP contribution in [-0.2, 0) is 9.59 Å². The molecule has 0 saturated heterocycles. The summed E-state index contributed by atoms with van der Waals surface area (Å²) < 4.78 is 0. The maximum Gasteiger partial charge on any atom is 0.259 e. The van der Waals surface area contributed by atoms with Crippen LogP contribution in [0.2, 0.25) is 5.02 Å². The highest BCUT2D eigenvalue weighted by atomic mass is 35.5. The second-order valence-corrected chi connectivity index (χ2v) is 7.76. The van der Waals surface area contributed by atoms with E-state index >= 15 is 0 Å². The van der Waals surface area contributed by atoms with E-state index in [4.69, 9.17) is 11.6 Å². The van der Waals surface area contributed by atoms with Crippen molar-refractivity contribution in [2.45, 2.75) is 19.4 Å². The molecule has 31 heavy (non-hydrogen) atoms. The van der Waals surface area contributed by atoms with Crippen molar-refractivity contribution in [3.05, 3.63) is 88.9 Å². The van der Waals surface area contributed by atoms with E-state index in [9.17, 15) is 14.4 Å². The van der Waals surface area contributed by atoms with Crippen molar-refractivity contribution in [2.24, 2.45) is 0 Å². The van der Waals surface area contributed by atoms with E-state index in [1.54, 1.807) is 60.7 Å². The van der Waals surface area contributed by atoms with Crippen LogP contribution in [0, 0.1) is 6.92 Å². The number of hydrogen-bond acceptors (Lipinski definition) is 3. The van der Waals surface area contributed by atoms with E-state index in [2.05, 4.69) is 10.6 Å². The average Bonchev–Trinajstić information content (AvgIpc) is 2.76. The fraction of sp³-hybridized carbons (Fsp3) is 0.125. The molecule has 0 radical (unpaired) electrons. The van der Waals surface area contributed by atoms with Crippen LogP contribution in [0.25, 0.3) is 0 Å². The molecule has 7 heteroatoms. The molecule has 2 N–H and O–H groups in total. The Morgan fingerprint density at radius 3 is 2.39 bits per heavy atom. The van der Waals surface area contributed by atoms with Gasteiger partial charge in [0.05, 0.1) is 17.8 Å². The molecule has 0 aliphatic carbocycles. The van der Waals surface area contributed by atoms with Gasteiger partial charge in [0.2, 0.25) is 11.8 Å². The minimum atomic E-state index is -0.990. The Labute approximate surface area is 184 Å². The number of nitrogens with zero attached hydrogens (tertiary/aromatic N) is 1. The van der Waals surface area contributed by atoms with Crippen LogP contribution >= 0.6 is 11.6 Å². The molecule has 0 aromatic heterocycles. The number of halogens is 1. The van der Waals surface area contributed by atoms with Crippen molar-refractivity contribution in [1.82, 2.24) is 0 Å². The summed E-state index contributed by atoms with van der Waals surface area (Å²) in [7, 11) is 0. The van der Waals surface area contributed by atoms with Gasteiger partial charge in [0.1, 0.15) is 6.04 Å². The number of para-hydroxylation sites is 2. The van der Waals surface area contributed by atoms with Crippen LogP contribution in [0.1, 0.15) is 22.3 Å². The molecule has 0 saturated carbocycles. The van der Waals surface area contributed by atoms with Crippen LogP contribution in [0.4, 0.5) is 17.1 Å². The largest absolute Gasteiger partial charge is 0.326 e. The Morgan fingerprint density at radius 2 is 1.68 bits per heavy atom. The smallest absolute Gasteiger partial charge is 0.259 e. The number of amides is 3. The first-order valence-electron chi connectivity index (χ1n) is 9.78. The summed E-state index contributed by atoms with van der Waals surface area (Å²) in [4.78, 5) is 40.4. The molecule has 0 fully saturated rings. The monoisotopic (exact) mass is 433 g/mol. The van der Waals surface area contributed by atoms with E-state index in [1.807, 2.05) is 19.1 Å². The Kier molecular flexibility index (Phi) is 5.73. The zero-order chi connectivity index (χ0) is 22.0. The SMILES string of the molecule is Cc1ccc(C(=O)N2c3ccccc3NC(=O)[C@@H]2CC(=O)Nc2ccc(Cl)cc2)cc1. The van der Waals surface area contributed by atoms with Gasteiger partial charge in [0, 0.05) is 16.3 Å². The summed E-state index contributed by atoms with van der Waals surface area (Å²) in [6, 6.07) is 19.8. The van der Waals surface area contributed by atoms with Gasteiger partial charge in [-0.05, 0) is 55.5 Å². The Morgan fingerprint density at radius 1 is 1.00 bits per heavy atom. The molecule has 156 valence electrons. The van der Waals surface area contributed by atoms with E-state index in [1.165, 1.54) is 4.90 Å². The molecule has 1 aliphatic rings. The summed E-state index contributed by atoms with van der Waals surface area (Å²) in [5.41, 5.74) is 3.10. The van der Waals surface area contributed by atoms with Gasteiger partial charge in [-0.25, -0.2) is 0 Å². The van der Waals surface area contributed by atoms with E-state index in [-0.39, 0.29) is 18.2 Å². The number of aryl methyl sites for hydroxylation is 1. The predicted octanol–water partition coefficient (Wildman–Crippen LogP) is 4.64. The molecule has 4 rings (SSSR count). The number of rotatable bonds is 4. The third kappa shape index (κ3) is 4.44.